The van der Waals surface area contributed by atoms with Gasteiger partial charge in [0.2, 0.25) is 0 Å². The van der Waals surface area contributed by atoms with Gasteiger partial charge in [-0.25, -0.2) is 0 Å². The molecular weight excluding hydrogens is 246 g/mol. The van der Waals surface area contributed by atoms with Crippen LogP contribution in [0.5, 0.6) is 0 Å². The molecule has 0 aliphatic heterocycles. The summed E-state index contributed by atoms with van der Waals surface area (Å²) in [5.41, 5.74) is 6.40. The molecule has 0 amide bonds. The second kappa shape index (κ2) is 11.8. The largest absolute Gasteiger partial charge is 0.396 e. The molecule has 1 heterocycles. The third kappa shape index (κ3) is 9.00. The van der Waals surface area contributed by atoms with Crippen molar-refractivity contribution in [3.8, 4) is 0 Å². The first-order valence-electron chi connectivity index (χ1n) is 8.61. The van der Waals surface area contributed by atoms with Crippen LogP contribution in [0.2, 0.25) is 0 Å². The molecule has 0 fully saturated rings. The van der Waals surface area contributed by atoms with Gasteiger partial charge in [0.05, 0.1) is 11.9 Å². The minimum atomic E-state index is 0.768. The van der Waals surface area contributed by atoms with Gasteiger partial charge in [0, 0.05) is 12.7 Å². The van der Waals surface area contributed by atoms with Crippen LogP contribution in [0.25, 0.3) is 0 Å². The van der Waals surface area contributed by atoms with E-state index in [-0.39, 0.29) is 0 Å². The standard InChI is InChI=1S/C17H33N3/c1-2-3-4-5-6-7-8-9-10-11-12-13-14-20-16-17(18)15-19-20/h15-16H,2-14,18H2,1H3. The Morgan fingerprint density at radius 2 is 1.35 bits per heavy atom. The van der Waals surface area contributed by atoms with E-state index in [4.69, 9.17) is 5.73 Å². The van der Waals surface area contributed by atoms with Crippen molar-refractivity contribution in [3.63, 3.8) is 0 Å². The van der Waals surface area contributed by atoms with Crippen LogP contribution in [0.3, 0.4) is 0 Å². The van der Waals surface area contributed by atoms with Crippen molar-refractivity contribution in [2.75, 3.05) is 5.73 Å². The molecule has 0 saturated heterocycles. The summed E-state index contributed by atoms with van der Waals surface area (Å²) in [4.78, 5) is 0. The molecular formula is C17H33N3. The summed E-state index contributed by atoms with van der Waals surface area (Å²) in [5.74, 6) is 0. The Labute approximate surface area is 124 Å². The SMILES string of the molecule is CCCCCCCCCCCCCCn1cc(N)cn1. The van der Waals surface area contributed by atoms with Gasteiger partial charge in [-0.3, -0.25) is 4.68 Å². The van der Waals surface area contributed by atoms with E-state index >= 15 is 0 Å². The van der Waals surface area contributed by atoms with E-state index in [1.165, 1.54) is 77.0 Å². The number of aromatic nitrogens is 2. The smallest absolute Gasteiger partial charge is 0.0719 e. The number of hydrogen-bond donors (Lipinski definition) is 1. The monoisotopic (exact) mass is 279 g/mol. The summed E-state index contributed by atoms with van der Waals surface area (Å²) in [6.45, 7) is 3.29. The van der Waals surface area contributed by atoms with Crippen LogP contribution in [-0.2, 0) is 6.54 Å². The topological polar surface area (TPSA) is 43.8 Å². The van der Waals surface area contributed by atoms with Crippen molar-refractivity contribution in [1.82, 2.24) is 9.78 Å². The zero-order valence-electron chi connectivity index (χ0n) is 13.3. The first-order valence-corrected chi connectivity index (χ1v) is 8.61. The van der Waals surface area contributed by atoms with E-state index in [9.17, 15) is 0 Å². The molecule has 0 spiro atoms. The van der Waals surface area contributed by atoms with Crippen LogP contribution in [0.15, 0.2) is 12.4 Å². The summed E-state index contributed by atoms with van der Waals surface area (Å²) in [6, 6.07) is 0. The van der Waals surface area contributed by atoms with E-state index in [0.717, 1.165) is 12.2 Å². The molecule has 0 bridgehead atoms. The lowest BCUT2D eigenvalue weighted by Gasteiger charge is -2.03. The van der Waals surface area contributed by atoms with Crippen molar-refractivity contribution in [2.24, 2.45) is 0 Å². The van der Waals surface area contributed by atoms with Gasteiger partial charge >= 0.3 is 0 Å². The van der Waals surface area contributed by atoms with Gasteiger partial charge in [0.25, 0.3) is 0 Å². The first kappa shape index (κ1) is 17.1. The lowest BCUT2D eigenvalue weighted by molar-refractivity contribution is 0.513. The normalized spacial score (nSPS) is 11.1. The number of rotatable bonds is 13. The third-order valence-electron chi connectivity index (χ3n) is 3.89. The maximum Gasteiger partial charge on any atom is 0.0719 e. The highest BCUT2D eigenvalue weighted by Gasteiger charge is 1.96. The fourth-order valence-electron chi connectivity index (χ4n) is 2.62. The molecule has 20 heavy (non-hydrogen) atoms. The zero-order chi connectivity index (χ0) is 14.5. The van der Waals surface area contributed by atoms with Gasteiger partial charge in [-0.2, -0.15) is 5.10 Å². The molecule has 3 nitrogen and oxygen atoms in total. The van der Waals surface area contributed by atoms with Gasteiger partial charge in [-0.1, -0.05) is 77.6 Å². The van der Waals surface area contributed by atoms with E-state index in [1.54, 1.807) is 6.20 Å². The fourth-order valence-corrected chi connectivity index (χ4v) is 2.62. The molecule has 1 aromatic heterocycles. The van der Waals surface area contributed by atoms with Crippen LogP contribution in [0.1, 0.15) is 84.0 Å². The van der Waals surface area contributed by atoms with Crippen LogP contribution >= 0.6 is 0 Å². The average molecular weight is 279 g/mol. The molecule has 116 valence electrons. The molecule has 2 N–H and O–H groups in total. The lowest BCUT2D eigenvalue weighted by Crippen LogP contribution is -1.98. The molecule has 0 aliphatic rings. The van der Waals surface area contributed by atoms with Crippen molar-refractivity contribution < 1.29 is 0 Å². The number of nitrogens with zero attached hydrogens (tertiary/aromatic N) is 2. The van der Waals surface area contributed by atoms with E-state index in [2.05, 4.69) is 12.0 Å². The quantitative estimate of drug-likeness (QED) is 0.506. The minimum Gasteiger partial charge on any atom is -0.396 e. The summed E-state index contributed by atoms with van der Waals surface area (Å²) in [6.07, 6.45) is 20.3. The van der Waals surface area contributed by atoms with Crippen LogP contribution in [-0.4, -0.2) is 9.78 Å². The Balaban J connectivity index is 1.76. The molecule has 0 aliphatic carbocycles. The number of aryl methyl sites for hydroxylation is 1. The molecule has 0 aromatic carbocycles. The number of anilines is 1. The van der Waals surface area contributed by atoms with E-state index in [0.29, 0.717) is 0 Å². The van der Waals surface area contributed by atoms with Crippen LogP contribution in [0, 0.1) is 0 Å². The molecule has 1 rings (SSSR count). The van der Waals surface area contributed by atoms with Gasteiger partial charge in [-0.15, -0.1) is 0 Å². The highest BCUT2D eigenvalue weighted by Crippen LogP contribution is 2.12. The fraction of sp³-hybridized carbons (Fsp3) is 0.824. The summed E-state index contributed by atoms with van der Waals surface area (Å²) in [5, 5.41) is 4.20. The maximum atomic E-state index is 5.63. The Kier molecular flexibility index (Phi) is 10.1. The molecule has 1 aromatic rings. The Bertz CT molecular complexity index is 320. The first-order chi connectivity index (χ1) is 9.83. The second-order valence-electron chi connectivity index (χ2n) is 5.93. The molecule has 3 heteroatoms. The average Bonchev–Trinajstić information content (AvgIpc) is 2.86. The minimum absolute atomic E-state index is 0.768. The van der Waals surface area contributed by atoms with Gasteiger partial charge in [0.1, 0.15) is 0 Å². The van der Waals surface area contributed by atoms with Crippen molar-refractivity contribution >= 4 is 5.69 Å². The van der Waals surface area contributed by atoms with Crippen LogP contribution in [0.4, 0.5) is 5.69 Å². The molecule has 0 radical (unpaired) electrons. The Morgan fingerprint density at radius 1 is 0.850 bits per heavy atom. The van der Waals surface area contributed by atoms with E-state index < -0.39 is 0 Å². The summed E-state index contributed by atoms with van der Waals surface area (Å²) in [7, 11) is 0. The predicted molar refractivity (Wildman–Crippen MR) is 87.7 cm³/mol. The number of nitrogens with two attached hydrogens (primary N) is 1. The highest BCUT2D eigenvalue weighted by molar-refractivity contribution is 5.30. The van der Waals surface area contributed by atoms with Crippen molar-refractivity contribution in [1.29, 1.82) is 0 Å². The third-order valence-corrected chi connectivity index (χ3v) is 3.89. The van der Waals surface area contributed by atoms with E-state index in [1.807, 2.05) is 10.9 Å². The molecule has 0 unspecified atom stereocenters. The predicted octanol–water partition coefficient (Wildman–Crippen LogP) is 5.17. The second-order valence-corrected chi connectivity index (χ2v) is 5.93. The Hall–Kier alpha value is -0.990. The summed E-state index contributed by atoms with van der Waals surface area (Å²) >= 11 is 0. The molecule has 0 atom stereocenters. The summed E-state index contributed by atoms with van der Waals surface area (Å²) < 4.78 is 1.95. The maximum absolute atomic E-state index is 5.63. The lowest BCUT2D eigenvalue weighted by atomic mass is 10.1. The van der Waals surface area contributed by atoms with Gasteiger partial charge in [-0.05, 0) is 6.42 Å². The zero-order valence-corrected chi connectivity index (χ0v) is 13.3. The van der Waals surface area contributed by atoms with Crippen molar-refractivity contribution in [2.45, 2.75) is 90.5 Å². The Morgan fingerprint density at radius 3 is 1.80 bits per heavy atom. The molecule has 0 saturated carbocycles. The number of unbranched alkanes of at least 4 members (excludes halogenated alkanes) is 11. The van der Waals surface area contributed by atoms with Gasteiger partial charge in [0.15, 0.2) is 0 Å². The van der Waals surface area contributed by atoms with Gasteiger partial charge < -0.3 is 5.73 Å². The van der Waals surface area contributed by atoms with Crippen molar-refractivity contribution in [3.05, 3.63) is 12.4 Å². The highest BCUT2D eigenvalue weighted by atomic mass is 15.3. The number of nitrogen functional groups attached to an aromatic ring is 1. The number of hydrogen-bond acceptors (Lipinski definition) is 2. The van der Waals surface area contributed by atoms with Crippen LogP contribution < -0.4 is 5.73 Å².